The molecule has 88 valence electrons. The van der Waals surface area contributed by atoms with Crippen LogP contribution >= 0.6 is 0 Å². The molecule has 0 aliphatic carbocycles. The van der Waals surface area contributed by atoms with Gasteiger partial charge in [0, 0.05) is 12.1 Å². The molecule has 5 nitrogen and oxygen atoms in total. The molecular formula is C9H10F2N2O3. The highest BCUT2D eigenvalue weighted by Crippen LogP contribution is 2.30. The van der Waals surface area contributed by atoms with Gasteiger partial charge in [-0.25, -0.2) is 8.78 Å². The number of nitrogens with zero attached hydrogens (tertiary/aromatic N) is 1. The maximum absolute atomic E-state index is 13.0. The highest BCUT2D eigenvalue weighted by atomic mass is 19.3. The summed E-state index contributed by atoms with van der Waals surface area (Å²) in [6, 6.07) is 2.89. The van der Waals surface area contributed by atoms with Gasteiger partial charge in [-0.2, -0.15) is 0 Å². The van der Waals surface area contributed by atoms with E-state index in [4.69, 9.17) is 10.8 Å². The van der Waals surface area contributed by atoms with E-state index < -0.39 is 23.5 Å². The molecule has 0 fully saturated rings. The predicted molar refractivity (Wildman–Crippen MR) is 52.1 cm³/mol. The van der Waals surface area contributed by atoms with Crippen LogP contribution in [-0.2, 0) is 0 Å². The molecule has 0 aliphatic heterocycles. The van der Waals surface area contributed by atoms with E-state index in [-0.39, 0.29) is 11.3 Å². The Labute approximate surface area is 89.6 Å². The van der Waals surface area contributed by atoms with E-state index in [2.05, 4.69) is 0 Å². The number of hydrogen-bond acceptors (Lipinski definition) is 4. The SMILES string of the molecule is N[C@@H](c1cccc([N+](=O)[O-])c1)C(F)(F)CO. The van der Waals surface area contributed by atoms with Gasteiger partial charge < -0.3 is 10.8 Å². The van der Waals surface area contributed by atoms with Crippen LogP contribution < -0.4 is 5.73 Å². The summed E-state index contributed by atoms with van der Waals surface area (Å²) >= 11 is 0. The van der Waals surface area contributed by atoms with E-state index >= 15 is 0 Å². The predicted octanol–water partition coefficient (Wildman–Crippen LogP) is 1.22. The highest BCUT2D eigenvalue weighted by Gasteiger charge is 2.37. The van der Waals surface area contributed by atoms with E-state index in [1.165, 1.54) is 18.2 Å². The van der Waals surface area contributed by atoms with E-state index in [9.17, 15) is 18.9 Å². The van der Waals surface area contributed by atoms with Gasteiger partial charge in [0.1, 0.15) is 6.61 Å². The van der Waals surface area contributed by atoms with E-state index in [1.807, 2.05) is 0 Å². The van der Waals surface area contributed by atoms with E-state index in [1.54, 1.807) is 0 Å². The quantitative estimate of drug-likeness (QED) is 0.603. The minimum atomic E-state index is -3.50. The maximum atomic E-state index is 13.0. The van der Waals surface area contributed by atoms with Gasteiger partial charge in [-0.1, -0.05) is 12.1 Å². The molecule has 1 aromatic rings. The molecule has 0 saturated heterocycles. The van der Waals surface area contributed by atoms with E-state index in [0.717, 1.165) is 6.07 Å². The van der Waals surface area contributed by atoms with Gasteiger partial charge in [-0.15, -0.1) is 0 Å². The molecule has 0 radical (unpaired) electrons. The molecule has 0 bridgehead atoms. The normalized spacial score (nSPS) is 13.5. The Kier molecular flexibility index (Phi) is 3.51. The third-order valence-corrected chi connectivity index (χ3v) is 2.11. The van der Waals surface area contributed by atoms with Crippen molar-refractivity contribution in [2.24, 2.45) is 5.73 Å². The third kappa shape index (κ3) is 2.50. The van der Waals surface area contributed by atoms with Gasteiger partial charge in [0.15, 0.2) is 0 Å². The minimum Gasteiger partial charge on any atom is -0.390 e. The second kappa shape index (κ2) is 4.50. The van der Waals surface area contributed by atoms with Gasteiger partial charge in [0.2, 0.25) is 0 Å². The van der Waals surface area contributed by atoms with Gasteiger partial charge in [0.25, 0.3) is 11.6 Å². The zero-order chi connectivity index (χ0) is 12.3. The lowest BCUT2D eigenvalue weighted by Gasteiger charge is -2.21. The number of halogens is 2. The largest absolute Gasteiger partial charge is 0.390 e. The summed E-state index contributed by atoms with van der Waals surface area (Å²) in [5.74, 6) is -3.50. The molecule has 0 amide bonds. The molecule has 0 spiro atoms. The van der Waals surface area contributed by atoms with E-state index in [0.29, 0.717) is 0 Å². The van der Waals surface area contributed by atoms with Crippen LogP contribution in [0.4, 0.5) is 14.5 Å². The summed E-state index contributed by atoms with van der Waals surface area (Å²) in [4.78, 5) is 9.72. The molecule has 0 unspecified atom stereocenters. The van der Waals surface area contributed by atoms with Crippen LogP contribution in [0.3, 0.4) is 0 Å². The summed E-state index contributed by atoms with van der Waals surface area (Å²) in [7, 11) is 0. The first-order valence-corrected chi connectivity index (χ1v) is 4.37. The number of nitro benzene ring substituents is 1. The first-order chi connectivity index (χ1) is 7.38. The molecule has 1 rings (SSSR count). The summed E-state index contributed by atoms with van der Waals surface area (Å²) in [5, 5.41) is 18.9. The maximum Gasteiger partial charge on any atom is 0.289 e. The number of benzene rings is 1. The molecule has 1 aromatic carbocycles. The number of non-ortho nitro benzene ring substituents is 1. The van der Waals surface area contributed by atoms with Crippen LogP contribution in [0.1, 0.15) is 11.6 Å². The van der Waals surface area contributed by atoms with Gasteiger partial charge in [-0.05, 0) is 5.56 Å². The number of aliphatic hydroxyl groups excluding tert-OH is 1. The monoisotopic (exact) mass is 232 g/mol. The summed E-state index contributed by atoms with van der Waals surface area (Å²) < 4.78 is 26.0. The Morgan fingerprint density at radius 3 is 2.69 bits per heavy atom. The van der Waals surface area contributed by atoms with Crippen molar-refractivity contribution in [3.63, 3.8) is 0 Å². The van der Waals surface area contributed by atoms with Crippen LogP contribution in [0.5, 0.6) is 0 Å². The topological polar surface area (TPSA) is 89.4 Å². The molecule has 3 N–H and O–H groups in total. The Morgan fingerprint density at radius 2 is 2.19 bits per heavy atom. The average Bonchev–Trinajstić information content (AvgIpc) is 2.28. The van der Waals surface area contributed by atoms with Crippen LogP contribution in [0.2, 0.25) is 0 Å². The van der Waals surface area contributed by atoms with Crippen LogP contribution in [0, 0.1) is 10.1 Å². The number of rotatable bonds is 4. The van der Waals surface area contributed by atoms with Crippen LogP contribution in [-0.4, -0.2) is 22.6 Å². The fourth-order valence-electron chi connectivity index (χ4n) is 1.17. The lowest BCUT2D eigenvalue weighted by atomic mass is 10.0. The molecule has 1 atom stereocenters. The molecular weight excluding hydrogens is 222 g/mol. The Bertz CT molecular complexity index is 398. The molecule has 7 heteroatoms. The Hall–Kier alpha value is -1.60. The van der Waals surface area contributed by atoms with Gasteiger partial charge >= 0.3 is 0 Å². The fraction of sp³-hybridized carbons (Fsp3) is 0.333. The van der Waals surface area contributed by atoms with Crippen molar-refractivity contribution in [1.82, 2.24) is 0 Å². The Balaban J connectivity index is 3.05. The first-order valence-electron chi connectivity index (χ1n) is 4.37. The smallest absolute Gasteiger partial charge is 0.289 e. The second-order valence-corrected chi connectivity index (χ2v) is 3.25. The number of nitro groups is 1. The lowest BCUT2D eigenvalue weighted by molar-refractivity contribution is -0.385. The minimum absolute atomic E-state index is 0.0896. The summed E-state index contributed by atoms with van der Waals surface area (Å²) in [6.45, 7) is -1.41. The standard InChI is InChI=1S/C9H10F2N2O3/c10-9(11,5-14)8(12)6-2-1-3-7(4-6)13(15)16/h1-4,8,14H,5,12H2/t8-/m0/s1. The van der Waals surface area contributed by atoms with Crippen molar-refractivity contribution < 1.29 is 18.8 Å². The third-order valence-electron chi connectivity index (χ3n) is 2.11. The number of alkyl halides is 2. The lowest BCUT2D eigenvalue weighted by Crippen LogP contribution is -2.36. The fourth-order valence-corrected chi connectivity index (χ4v) is 1.17. The molecule has 0 heterocycles. The van der Waals surface area contributed by atoms with Crippen molar-refractivity contribution in [2.45, 2.75) is 12.0 Å². The van der Waals surface area contributed by atoms with Crippen LogP contribution in [0.25, 0.3) is 0 Å². The number of aliphatic hydroxyl groups is 1. The molecule has 0 saturated carbocycles. The van der Waals surface area contributed by atoms with Gasteiger partial charge in [0.05, 0.1) is 11.0 Å². The van der Waals surface area contributed by atoms with Crippen molar-refractivity contribution in [1.29, 1.82) is 0 Å². The molecule has 0 aromatic heterocycles. The summed E-state index contributed by atoms with van der Waals surface area (Å²) in [6.07, 6.45) is 0. The number of nitrogens with two attached hydrogens (primary N) is 1. The molecule has 0 aliphatic rings. The highest BCUT2D eigenvalue weighted by molar-refractivity contribution is 5.36. The van der Waals surface area contributed by atoms with Crippen molar-refractivity contribution in [3.8, 4) is 0 Å². The van der Waals surface area contributed by atoms with Crippen molar-refractivity contribution in [2.75, 3.05) is 6.61 Å². The zero-order valence-electron chi connectivity index (χ0n) is 8.14. The van der Waals surface area contributed by atoms with Crippen molar-refractivity contribution in [3.05, 3.63) is 39.9 Å². The van der Waals surface area contributed by atoms with Crippen LogP contribution in [0.15, 0.2) is 24.3 Å². The molecule has 16 heavy (non-hydrogen) atoms. The Morgan fingerprint density at radius 1 is 1.56 bits per heavy atom. The summed E-state index contributed by atoms with van der Waals surface area (Å²) in [5.41, 5.74) is 4.81. The number of hydrogen-bond donors (Lipinski definition) is 2. The second-order valence-electron chi connectivity index (χ2n) is 3.25. The zero-order valence-corrected chi connectivity index (χ0v) is 8.14. The first kappa shape index (κ1) is 12.5. The van der Waals surface area contributed by atoms with Gasteiger partial charge in [-0.3, -0.25) is 10.1 Å². The average molecular weight is 232 g/mol. The van der Waals surface area contributed by atoms with Crippen molar-refractivity contribution >= 4 is 5.69 Å².